The van der Waals surface area contributed by atoms with Crippen LogP contribution < -0.4 is 5.32 Å². The van der Waals surface area contributed by atoms with E-state index in [4.69, 9.17) is 11.6 Å². The Balaban J connectivity index is 2.01. The smallest absolute Gasteiger partial charge is 0.0410 e. The molecule has 1 saturated heterocycles. The summed E-state index contributed by atoms with van der Waals surface area (Å²) in [6, 6.07) is 6.67. The van der Waals surface area contributed by atoms with Crippen molar-refractivity contribution in [3.63, 3.8) is 0 Å². The minimum atomic E-state index is 0.683. The van der Waals surface area contributed by atoms with Crippen LogP contribution in [0.3, 0.4) is 0 Å². The Bertz CT molecular complexity index is 378. The van der Waals surface area contributed by atoms with Gasteiger partial charge in [0, 0.05) is 22.1 Å². The van der Waals surface area contributed by atoms with Crippen LogP contribution in [0, 0.1) is 0 Å². The Kier molecular flexibility index (Phi) is 4.86. The summed E-state index contributed by atoms with van der Waals surface area (Å²) in [7, 11) is 2.20. The van der Waals surface area contributed by atoms with Gasteiger partial charge < -0.3 is 5.32 Å². The molecule has 2 nitrogen and oxygen atoms in total. The zero-order chi connectivity index (χ0) is 12.3. The molecule has 1 aromatic rings. The maximum absolute atomic E-state index is 6.04. The normalized spacial score (nSPS) is 17.6. The molecule has 0 saturated carbocycles. The number of piperidine rings is 1. The molecule has 1 aliphatic rings. The summed E-state index contributed by atoms with van der Waals surface area (Å²) < 4.78 is 1.14. The standard InChI is InChI=1S/C13H18BrClN2/c1-17(12-4-6-16-7-5-12)9-10-8-11(15)2-3-13(10)14/h2-3,8,12,16H,4-7,9H2,1H3. The van der Waals surface area contributed by atoms with Gasteiger partial charge in [0.15, 0.2) is 0 Å². The van der Waals surface area contributed by atoms with Crippen LogP contribution in [0.5, 0.6) is 0 Å². The Hall–Kier alpha value is -0.0900. The molecule has 94 valence electrons. The predicted molar refractivity (Wildman–Crippen MR) is 76.5 cm³/mol. The summed E-state index contributed by atoms with van der Waals surface area (Å²) in [4.78, 5) is 2.43. The van der Waals surface area contributed by atoms with E-state index in [0.717, 1.165) is 29.1 Å². The van der Waals surface area contributed by atoms with Crippen molar-refractivity contribution in [3.8, 4) is 0 Å². The number of rotatable bonds is 3. The predicted octanol–water partition coefficient (Wildman–Crippen LogP) is 3.29. The lowest BCUT2D eigenvalue weighted by Gasteiger charge is -2.31. The lowest BCUT2D eigenvalue weighted by atomic mass is 10.0. The molecule has 0 unspecified atom stereocenters. The van der Waals surface area contributed by atoms with Gasteiger partial charge >= 0.3 is 0 Å². The van der Waals surface area contributed by atoms with E-state index in [-0.39, 0.29) is 0 Å². The molecule has 1 aliphatic heterocycles. The molecule has 1 fully saturated rings. The van der Waals surface area contributed by atoms with Crippen molar-refractivity contribution in [1.29, 1.82) is 0 Å². The van der Waals surface area contributed by atoms with E-state index in [9.17, 15) is 0 Å². The van der Waals surface area contributed by atoms with E-state index in [1.54, 1.807) is 0 Å². The van der Waals surface area contributed by atoms with Gasteiger partial charge in [-0.3, -0.25) is 4.90 Å². The number of hydrogen-bond acceptors (Lipinski definition) is 2. The van der Waals surface area contributed by atoms with Gasteiger partial charge in [0.2, 0.25) is 0 Å². The third kappa shape index (κ3) is 3.68. The molecule has 2 rings (SSSR count). The van der Waals surface area contributed by atoms with Crippen LogP contribution >= 0.6 is 27.5 Å². The van der Waals surface area contributed by atoms with Gasteiger partial charge in [-0.05, 0) is 56.7 Å². The minimum Gasteiger partial charge on any atom is -0.317 e. The summed E-state index contributed by atoms with van der Waals surface area (Å²) in [5.41, 5.74) is 1.26. The highest BCUT2D eigenvalue weighted by Gasteiger charge is 2.18. The number of halogens is 2. The average molecular weight is 318 g/mol. The van der Waals surface area contributed by atoms with Gasteiger partial charge in [-0.15, -0.1) is 0 Å². The third-order valence-electron chi connectivity index (χ3n) is 3.36. The number of benzene rings is 1. The molecular formula is C13H18BrClN2. The highest BCUT2D eigenvalue weighted by atomic mass is 79.9. The second-order valence-corrected chi connectivity index (χ2v) is 5.92. The quantitative estimate of drug-likeness (QED) is 0.920. The van der Waals surface area contributed by atoms with E-state index in [2.05, 4.69) is 33.2 Å². The van der Waals surface area contributed by atoms with Crippen molar-refractivity contribution in [3.05, 3.63) is 33.3 Å². The van der Waals surface area contributed by atoms with Crippen molar-refractivity contribution >= 4 is 27.5 Å². The van der Waals surface area contributed by atoms with E-state index in [1.165, 1.54) is 18.4 Å². The second kappa shape index (κ2) is 6.19. The number of hydrogen-bond donors (Lipinski definition) is 1. The first kappa shape index (κ1) is 13.3. The van der Waals surface area contributed by atoms with Crippen LogP contribution in [-0.2, 0) is 6.54 Å². The minimum absolute atomic E-state index is 0.683. The maximum atomic E-state index is 6.04. The van der Waals surface area contributed by atoms with Crippen LogP contribution in [0.25, 0.3) is 0 Å². The summed E-state index contributed by atoms with van der Waals surface area (Å²) >= 11 is 9.62. The average Bonchev–Trinajstić information content (AvgIpc) is 2.35. The molecule has 0 aliphatic carbocycles. The fourth-order valence-corrected chi connectivity index (χ4v) is 2.88. The van der Waals surface area contributed by atoms with Crippen LogP contribution in [0.1, 0.15) is 18.4 Å². The van der Waals surface area contributed by atoms with Crippen LogP contribution in [0.15, 0.2) is 22.7 Å². The van der Waals surface area contributed by atoms with Crippen molar-refractivity contribution in [2.75, 3.05) is 20.1 Å². The van der Waals surface area contributed by atoms with Crippen LogP contribution in [-0.4, -0.2) is 31.1 Å². The zero-order valence-corrected chi connectivity index (χ0v) is 12.4. The van der Waals surface area contributed by atoms with Gasteiger partial charge in [-0.1, -0.05) is 27.5 Å². The fraction of sp³-hybridized carbons (Fsp3) is 0.538. The van der Waals surface area contributed by atoms with Gasteiger partial charge in [-0.2, -0.15) is 0 Å². The van der Waals surface area contributed by atoms with E-state index in [0.29, 0.717) is 6.04 Å². The Labute approximate surface area is 116 Å². The van der Waals surface area contributed by atoms with Crippen LogP contribution in [0.2, 0.25) is 5.02 Å². The molecule has 4 heteroatoms. The van der Waals surface area contributed by atoms with Gasteiger partial charge in [0.05, 0.1) is 0 Å². The first-order valence-corrected chi connectivity index (χ1v) is 7.19. The molecule has 0 aromatic heterocycles. The molecule has 1 heterocycles. The Morgan fingerprint density at radius 2 is 2.12 bits per heavy atom. The lowest BCUT2D eigenvalue weighted by Crippen LogP contribution is -2.40. The van der Waals surface area contributed by atoms with Gasteiger partial charge in [0.25, 0.3) is 0 Å². The van der Waals surface area contributed by atoms with Crippen molar-refractivity contribution in [2.45, 2.75) is 25.4 Å². The first-order valence-electron chi connectivity index (χ1n) is 6.01. The second-order valence-electron chi connectivity index (χ2n) is 4.63. The molecule has 1 N–H and O–H groups in total. The molecule has 1 aromatic carbocycles. The summed E-state index contributed by atoms with van der Waals surface area (Å²) in [5.74, 6) is 0. The molecule has 0 radical (unpaired) electrons. The van der Waals surface area contributed by atoms with E-state index in [1.807, 2.05) is 18.2 Å². The molecule has 0 spiro atoms. The molecular weight excluding hydrogens is 300 g/mol. The maximum Gasteiger partial charge on any atom is 0.0410 e. The topological polar surface area (TPSA) is 15.3 Å². The lowest BCUT2D eigenvalue weighted by molar-refractivity contribution is 0.191. The SMILES string of the molecule is CN(Cc1cc(Cl)ccc1Br)C1CCNCC1. The van der Waals surface area contributed by atoms with E-state index < -0.39 is 0 Å². The molecule has 17 heavy (non-hydrogen) atoms. The molecule has 0 bridgehead atoms. The summed E-state index contributed by atoms with van der Waals surface area (Å²) in [6.45, 7) is 3.21. The van der Waals surface area contributed by atoms with Crippen molar-refractivity contribution in [1.82, 2.24) is 10.2 Å². The Morgan fingerprint density at radius 1 is 1.41 bits per heavy atom. The summed E-state index contributed by atoms with van der Waals surface area (Å²) in [6.07, 6.45) is 2.46. The molecule has 0 atom stereocenters. The van der Waals surface area contributed by atoms with E-state index >= 15 is 0 Å². The van der Waals surface area contributed by atoms with Crippen molar-refractivity contribution < 1.29 is 0 Å². The summed E-state index contributed by atoms with van der Waals surface area (Å²) in [5, 5.41) is 4.20. The zero-order valence-electron chi connectivity index (χ0n) is 10.0. The van der Waals surface area contributed by atoms with Crippen molar-refractivity contribution in [2.24, 2.45) is 0 Å². The first-order chi connectivity index (χ1) is 8.16. The fourth-order valence-electron chi connectivity index (χ4n) is 2.31. The largest absolute Gasteiger partial charge is 0.317 e. The molecule has 0 amide bonds. The van der Waals surface area contributed by atoms with Crippen LogP contribution in [0.4, 0.5) is 0 Å². The highest BCUT2D eigenvalue weighted by molar-refractivity contribution is 9.10. The number of nitrogens with one attached hydrogen (secondary N) is 1. The highest BCUT2D eigenvalue weighted by Crippen LogP contribution is 2.23. The third-order valence-corrected chi connectivity index (χ3v) is 4.37. The monoisotopic (exact) mass is 316 g/mol. The van der Waals surface area contributed by atoms with Gasteiger partial charge in [0.1, 0.15) is 0 Å². The Morgan fingerprint density at radius 3 is 2.82 bits per heavy atom. The van der Waals surface area contributed by atoms with Gasteiger partial charge in [-0.25, -0.2) is 0 Å². The number of nitrogens with zero attached hydrogens (tertiary/aromatic N) is 1.